The van der Waals surface area contributed by atoms with Crippen molar-refractivity contribution >= 4 is 39.6 Å². The van der Waals surface area contributed by atoms with Crippen LogP contribution in [0.25, 0.3) is 49.7 Å². The molecule has 0 amide bonds. The number of ether oxygens (including phenoxy) is 1. The van der Waals surface area contributed by atoms with Crippen molar-refractivity contribution < 1.29 is 9.39 Å². The summed E-state index contributed by atoms with van der Waals surface area (Å²) in [6.45, 7) is -0.216. The standard InChI is InChI=1S/C36H22BNO2/c1-2-9-23(10-3-1)24-17-19-30-35(21-24)39-34-16-8-13-28-29-22-25(18-20-33(29)40-37(30)36(28)34)38-31-14-6-4-11-26(31)27-12-5-7-15-32(27)38/h1-22H. The first-order valence-corrected chi connectivity index (χ1v) is 13.6. The highest BCUT2D eigenvalue weighted by molar-refractivity contribution is 6.84. The first kappa shape index (κ1) is 21.7. The Balaban J connectivity index is 1.20. The lowest BCUT2D eigenvalue weighted by atomic mass is 9.51. The molecule has 6 aromatic carbocycles. The zero-order chi connectivity index (χ0) is 26.2. The predicted octanol–water partition coefficient (Wildman–Crippen LogP) is 7.72. The maximum Gasteiger partial charge on any atom is 0.434 e. The molecule has 0 aliphatic carbocycles. The molecular weight excluding hydrogens is 489 g/mol. The molecule has 3 nitrogen and oxygen atoms in total. The normalized spacial score (nSPS) is 12.8. The smallest absolute Gasteiger partial charge is 0.434 e. The molecule has 0 saturated heterocycles. The van der Waals surface area contributed by atoms with Crippen molar-refractivity contribution in [1.29, 1.82) is 0 Å². The average molecular weight is 511 g/mol. The molecule has 0 spiro atoms. The van der Waals surface area contributed by atoms with Crippen molar-refractivity contribution in [2.45, 2.75) is 0 Å². The molecule has 0 N–H and O–H groups in total. The van der Waals surface area contributed by atoms with E-state index in [2.05, 4.69) is 132 Å². The van der Waals surface area contributed by atoms with E-state index in [1.54, 1.807) is 0 Å². The van der Waals surface area contributed by atoms with E-state index >= 15 is 0 Å². The number of nitrogens with zero attached hydrogens (tertiary/aromatic N) is 1. The van der Waals surface area contributed by atoms with Gasteiger partial charge in [-0.05, 0) is 59.2 Å². The lowest BCUT2D eigenvalue weighted by Crippen LogP contribution is -2.53. The Morgan fingerprint density at radius 2 is 1.25 bits per heavy atom. The Bertz CT molecular complexity index is 2080. The quantitative estimate of drug-likeness (QED) is 0.222. The summed E-state index contributed by atoms with van der Waals surface area (Å²) < 4.78 is 15.7. The molecule has 3 heterocycles. The second-order valence-corrected chi connectivity index (χ2v) is 10.5. The van der Waals surface area contributed by atoms with Crippen molar-refractivity contribution in [3.8, 4) is 45.2 Å². The molecule has 0 unspecified atom stereocenters. The molecule has 2 aliphatic heterocycles. The summed E-state index contributed by atoms with van der Waals surface area (Å²) in [5, 5.41) is 2.51. The van der Waals surface area contributed by atoms with Crippen LogP contribution in [0, 0.1) is 0 Å². The van der Waals surface area contributed by atoms with E-state index in [4.69, 9.17) is 9.39 Å². The van der Waals surface area contributed by atoms with Gasteiger partial charge in [0.1, 0.15) is 17.2 Å². The minimum Gasteiger partial charge on any atom is -0.551 e. The van der Waals surface area contributed by atoms with Gasteiger partial charge in [-0.3, -0.25) is 0 Å². The summed E-state index contributed by atoms with van der Waals surface area (Å²) in [5.41, 5.74) is 10.2. The third kappa shape index (κ3) is 3.02. The molecule has 0 radical (unpaired) electrons. The van der Waals surface area contributed by atoms with Gasteiger partial charge < -0.3 is 14.0 Å². The maximum absolute atomic E-state index is 6.77. The fourth-order valence-electron chi connectivity index (χ4n) is 6.48. The number of fused-ring (bicyclic) bond motifs is 7. The molecular formula is C36H22BNO2. The third-order valence-corrected chi connectivity index (χ3v) is 8.29. The maximum atomic E-state index is 6.77. The fourth-order valence-corrected chi connectivity index (χ4v) is 6.48. The van der Waals surface area contributed by atoms with Crippen molar-refractivity contribution in [2.24, 2.45) is 0 Å². The molecule has 0 saturated carbocycles. The van der Waals surface area contributed by atoms with E-state index in [0.29, 0.717) is 0 Å². The number of hydrogen-bond acceptors (Lipinski definition) is 2. The summed E-state index contributed by atoms with van der Waals surface area (Å²) in [7, 11) is 0. The number of rotatable bonds is 2. The summed E-state index contributed by atoms with van der Waals surface area (Å²) in [6, 6.07) is 46.9. The average Bonchev–Trinajstić information content (AvgIpc) is 3.36. The zero-order valence-corrected chi connectivity index (χ0v) is 21.5. The highest BCUT2D eigenvalue weighted by Crippen LogP contribution is 2.41. The van der Waals surface area contributed by atoms with Gasteiger partial charge in [0.05, 0.1) is 11.0 Å². The van der Waals surface area contributed by atoms with Crippen LogP contribution in [-0.4, -0.2) is 11.5 Å². The number of benzene rings is 6. The van der Waals surface area contributed by atoms with Gasteiger partial charge in [-0.1, -0.05) is 91.0 Å². The van der Waals surface area contributed by atoms with Gasteiger partial charge in [0.25, 0.3) is 0 Å². The summed E-state index contributed by atoms with van der Waals surface area (Å²) in [5.74, 6) is 2.59. The monoisotopic (exact) mass is 511 g/mol. The van der Waals surface area contributed by atoms with Gasteiger partial charge in [-0.25, -0.2) is 0 Å². The Kier molecular flexibility index (Phi) is 4.41. The number of aromatic nitrogens is 1. The van der Waals surface area contributed by atoms with Crippen molar-refractivity contribution in [3.63, 3.8) is 0 Å². The number of hydrogen-bond donors (Lipinski definition) is 0. The molecule has 4 heteroatoms. The third-order valence-electron chi connectivity index (χ3n) is 8.29. The molecule has 0 fully saturated rings. The molecule has 0 atom stereocenters. The van der Waals surface area contributed by atoms with Crippen LogP contribution in [0.15, 0.2) is 133 Å². The number of para-hydroxylation sites is 2. The minimum atomic E-state index is -0.216. The van der Waals surface area contributed by atoms with E-state index in [0.717, 1.165) is 50.6 Å². The molecule has 40 heavy (non-hydrogen) atoms. The van der Waals surface area contributed by atoms with Gasteiger partial charge in [0, 0.05) is 32.9 Å². The van der Waals surface area contributed by atoms with Gasteiger partial charge in [-0.15, -0.1) is 0 Å². The summed E-state index contributed by atoms with van der Waals surface area (Å²) >= 11 is 0. The molecule has 9 rings (SSSR count). The van der Waals surface area contributed by atoms with E-state index in [1.807, 2.05) is 6.07 Å². The van der Waals surface area contributed by atoms with E-state index < -0.39 is 0 Å². The Labute approximate surface area is 232 Å². The van der Waals surface area contributed by atoms with Gasteiger partial charge in [-0.2, -0.15) is 0 Å². The SMILES string of the molecule is c1ccc(-c2ccc3c(c2)Oc2cccc4c2B3Oc2ccc(-n3c5ccccc5c5ccccc53)cc2-4)cc1. The fraction of sp³-hybridized carbons (Fsp3) is 0. The first-order valence-electron chi connectivity index (χ1n) is 13.6. The van der Waals surface area contributed by atoms with Crippen LogP contribution < -0.4 is 20.3 Å². The van der Waals surface area contributed by atoms with Crippen LogP contribution >= 0.6 is 0 Å². The van der Waals surface area contributed by atoms with Crippen molar-refractivity contribution in [1.82, 2.24) is 4.57 Å². The van der Waals surface area contributed by atoms with Crippen LogP contribution in [0.4, 0.5) is 0 Å². The summed E-state index contributed by atoms with van der Waals surface area (Å²) in [4.78, 5) is 0. The van der Waals surface area contributed by atoms with E-state index in [1.165, 1.54) is 27.4 Å². The van der Waals surface area contributed by atoms with Gasteiger partial charge in [0.15, 0.2) is 0 Å². The highest BCUT2D eigenvalue weighted by Gasteiger charge is 2.40. The van der Waals surface area contributed by atoms with Crippen LogP contribution in [-0.2, 0) is 0 Å². The van der Waals surface area contributed by atoms with Crippen LogP contribution in [0.1, 0.15) is 0 Å². The Morgan fingerprint density at radius 1 is 0.500 bits per heavy atom. The second-order valence-electron chi connectivity index (χ2n) is 10.5. The molecule has 2 aliphatic rings. The van der Waals surface area contributed by atoms with Crippen LogP contribution in [0.5, 0.6) is 17.2 Å². The van der Waals surface area contributed by atoms with Crippen molar-refractivity contribution in [2.75, 3.05) is 0 Å². The minimum absolute atomic E-state index is 0.216. The van der Waals surface area contributed by atoms with Gasteiger partial charge in [0.2, 0.25) is 0 Å². The molecule has 186 valence electrons. The van der Waals surface area contributed by atoms with E-state index in [9.17, 15) is 0 Å². The Hall–Kier alpha value is -5.22. The topological polar surface area (TPSA) is 23.4 Å². The van der Waals surface area contributed by atoms with E-state index in [-0.39, 0.29) is 6.92 Å². The second kappa shape index (κ2) is 8.14. The molecule has 1 aromatic heterocycles. The summed E-state index contributed by atoms with van der Waals surface area (Å²) in [6.07, 6.45) is 0. The first-order chi connectivity index (χ1) is 19.8. The van der Waals surface area contributed by atoms with Gasteiger partial charge >= 0.3 is 6.92 Å². The largest absolute Gasteiger partial charge is 0.551 e. The van der Waals surface area contributed by atoms with Crippen LogP contribution in [0.3, 0.4) is 0 Å². The molecule has 7 aromatic rings. The predicted molar refractivity (Wildman–Crippen MR) is 164 cm³/mol. The lowest BCUT2D eigenvalue weighted by Gasteiger charge is -2.33. The molecule has 0 bridgehead atoms. The highest BCUT2D eigenvalue weighted by atomic mass is 16.5. The zero-order valence-electron chi connectivity index (χ0n) is 21.5. The lowest BCUT2D eigenvalue weighted by molar-refractivity contribution is 0.479. The Morgan fingerprint density at radius 3 is 2.05 bits per heavy atom. The van der Waals surface area contributed by atoms with Crippen LogP contribution in [0.2, 0.25) is 0 Å². The van der Waals surface area contributed by atoms with Crippen molar-refractivity contribution in [3.05, 3.63) is 133 Å².